The lowest BCUT2D eigenvalue weighted by molar-refractivity contribution is 0.0951. The van der Waals surface area contributed by atoms with Crippen LogP contribution in [0, 0.1) is 0 Å². The molecular weight excluding hydrogens is 274 g/mol. The van der Waals surface area contributed by atoms with Crippen molar-refractivity contribution in [2.75, 3.05) is 14.1 Å². The molecule has 0 saturated carbocycles. The van der Waals surface area contributed by atoms with E-state index in [-0.39, 0.29) is 5.91 Å². The fourth-order valence-corrected chi connectivity index (χ4v) is 2.33. The van der Waals surface area contributed by atoms with Crippen LogP contribution in [0.4, 0.5) is 0 Å². The van der Waals surface area contributed by atoms with Crippen molar-refractivity contribution in [2.45, 2.75) is 19.6 Å². The molecule has 0 unspecified atom stereocenters. The second-order valence-electron chi connectivity index (χ2n) is 5.64. The van der Waals surface area contributed by atoms with Crippen molar-refractivity contribution >= 4 is 5.91 Å². The third-order valence-corrected chi connectivity index (χ3v) is 3.37. The van der Waals surface area contributed by atoms with Crippen LogP contribution in [0.1, 0.15) is 27.0 Å². The zero-order chi connectivity index (χ0) is 15.9. The van der Waals surface area contributed by atoms with Gasteiger partial charge in [0.15, 0.2) is 0 Å². The number of hydrogen-bond donors (Lipinski definition) is 2. The lowest BCUT2D eigenvalue weighted by atomic mass is 10.1. The van der Waals surface area contributed by atoms with E-state index in [1.165, 1.54) is 5.56 Å². The smallest absolute Gasteiger partial charge is 0.251 e. The molecule has 0 bridgehead atoms. The highest BCUT2D eigenvalue weighted by Crippen LogP contribution is 2.08. The normalized spacial score (nSPS) is 10.7. The minimum absolute atomic E-state index is 0.0756. The number of benzene rings is 2. The third-order valence-electron chi connectivity index (χ3n) is 3.37. The lowest BCUT2D eigenvalue weighted by Gasteiger charge is -2.11. The van der Waals surface area contributed by atoms with Gasteiger partial charge in [0, 0.05) is 25.2 Å². The summed E-state index contributed by atoms with van der Waals surface area (Å²) in [6.07, 6.45) is 0. The number of nitrogens with zero attached hydrogens (tertiary/aromatic N) is 1. The zero-order valence-electron chi connectivity index (χ0n) is 13.2. The SMILES string of the molecule is CN(C)Cc1cccc(CNC(=O)c2cccc(CN)c2)c1. The van der Waals surface area contributed by atoms with E-state index in [2.05, 4.69) is 22.3 Å². The van der Waals surface area contributed by atoms with Crippen LogP contribution in [0.2, 0.25) is 0 Å². The van der Waals surface area contributed by atoms with Crippen LogP contribution in [0.3, 0.4) is 0 Å². The molecular formula is C18H23N3O. The zero-order valence-corrected chi connectivity index (χ0v) is 13.2. The fourth-order valence-electron chi connectivity index (χ4n) is 2.33. The molecule has 0 aromatic heterocycles. The topological polar surface area (TPSA) is 58.4 Å². The van der Waals surface area contributed by atoms with Gasteiger partial charge in [-0.1, -0.05) is 36.4 Å². The second kappa shape index (κ2) is 7.73. The molecule has 1 amide bonds. The van der Waals surface area contributed by atoms with Gasteiger partial charge < -0.3 is 16.0 Å². The van der Waals surface area contributed by atoms with Crippen molar-refractivity contribution < 1.29 is 4.79 Å². The molecule has 0 aliphatic carbocycles. The Hall–Kier alpha value is -2.17. The molecule has 0 aliphatic rings. The summed E-state index contributed by atoms with van der Waals surface area (Å²) in [4.78, 5) is 14.3. The Morgan fingerprint density at radius 3 is 2.45 bits per heavy atom. The molecule has 22 heavy (non-hydrogen) atoms. The Kier molecular flexibility index (Phi) is 5.69. The van der Waals surface area contributed by atoms with Crippen molar-refractivity contribution in [1.29, 1.82) is 0 Å². The predicted molar refractivity (Wildman–Crippen MR) is 89.3 cm³/mol. The van der Waals surface area contributed by atoms with Crippen LogP contribution in [0.25, 0.3) is 0 Å². The van der Waals surface area contributed by atoms with E-state index in [1.54, 1.807) is 6.07 Å². The van der Waals surface area contributed by atoms with Crippen LogP contribution in [0.15, 0.2) is 48.5 Å². The number of carbonyl (C=O) groups is 1. The van der Waals surface area contributed by atoms with E-state index in [4.69, 9.17) is 5.73 Å². The van der Waals surface area contributed by atoms with Gasteiger partial charge in [-0.05, 0) is 42.9 Å². The van der Waals surface area contributed by atoms with Crippen LogP contribution in [-0.2, 0) is 19.6 Å². The Bertz CT molecular complexity index is 638. The average Bonchev–Trinajstić information content (AvgIpc) is 2.52. The number of hydrogen-bond acceptors (Lipinski definition) is 3. The number of nitrogens with one attached hydrogen (secondary N) is 1. The first-order valence-corrected chi connectivity index (χ1v) is 7.38. The van der Waals surface area contributed by atoms with Gasteiger partial charge in [0.25, 0.3) is 5.91 Å². The molecule has 0 fully saturated rings. The molecule has 4 nitrogen and oxygen atoms in total. The van der Waals surface area contributed by atoms with Gasteiger partial charge in [0.1, 0.15) is 0 Å². The fraction of sp³-hybridized carbons (Fsp3) is 0.278. The predicted octanol–water partition coefficient (Wildman–Crippen LogP) is 2.14. The summed E-state index contributed by atoms with van der Waals surface area (Å²) in [7, 11) is 4.08. The van der Waals surface area contributed by atoms with Gasteiger partial charge in [0.2, 0.25) is 0 Å². The molecule has 2 aromatic carbocycles. The first-order valence-electron chi connectivity index (χ1n) is 7.38. The molecule has 0 spiro atoms. The summed E-state index contributed by atoms with van der Waals surface area (Å²) in [5.41, 5.74) is 9.55. The third kappa shape index (κ3) is 4.69. The number of amides is 1. The van der Waals surface area contributed by atoms with Gasteiger partial charge in [-0.15, -0.1) is 0 Å². The molecule has 0 atom stereocenters. The van der Waals surface area contributed by atoms with E-state index < -0.39 is 0 Å². The number of rotatable bonds is 6. The van der Waals surface area contributed by atoms with Crippen LogP contribution in [0.5, 0.6) is 0 Å². The average molecular weight is 297 g/mol. The van der Waals surface area contributed by atoms with E-state index in [0.29, 0.717) is 18.7 Å². The van der Waals surface area contributed by atoms with Crippen molar-refractivity contribution in [3.05, 3.63) is 70.8 Å². The van der Waals surface area contributed by atoms with E-state index in [0.717, 1.165) is 17.7 Å². The maximum atomic E-state index is 12.2. The standard InChI is InChI=1S/C18H23N3O/c1-21(2)13-16-7-3-6-15(9-16)12-20-18(22)17-8-4-5-14(10-17)11-19/h3-10H,11-13,19H2,1-2H3,(H,20,22). The van der Waals surface area contributed by atoms with Gasteiger partial charge in [-0.25, -0.2) is 0 Å². The molecule has 116 valence electrons. The Balaban J connectivity index is 1.98. The highest BCUT2D eigenvalue weighted by molar-refractivity contribution is 5.94. The first-order chi connectivity index (χ1) is 10.6. The minimum atomic E-state index is -0.0756. The maximum absolute atomic E-state index is 12.2. The van der Waals surface area contributed by atoms with Gasteiger partial charge >= 0.3 is 0 Å². The van der Waals surface area contributed by atoms with Gasteiger partial charge in [-0.2, -0.15) is 0 Å². The van der Waals surface area contributed by atoms with E-state index >= 15 is 0 Å². The number of carbonyl (C=O) groups excluding carboxylic acids is 1. The van der Waals surface area contributed by atoms with Crippen molar-refractivity contribution in [3.63, 3.8) is 0 Å². The second-order valence-corrected chi connectivity index (χ2v) is 5.64. The highest BCUT2D eigenvalue weighted by atomic mass is 16.1. The van der Waals surface area contributed by atoms with E-state index in [1.807, 2.05) is 44.4 Å². The quantitative estimate of drug-likeness (QED) is 0.859. The minimum Gasteiger partial charge on any atom is -0.348 e. The molecule has 2 rings (SSSR count). The number of nitrogens with two attached hydrogens (primary N) is 1. The molecule has 0 aliphatic heterocycles. The highest BCUT2D eigenvalue weighted by Gasteiger charge is 2.06. The molecule has 2 aromatic rings. The summed E-state index contributed by atoms with van der Waals surface area (Å²) in [5, 5.41) is 2.95. The summed E-state index contributed by atoms with van der Waals surface area (Å²) < 4.78 is 0. The molecule has 3 N–H and O–H groups in total. The van der Waals surface area contributed by atoms with Crippen molar-refractivity contribution in [2.24, 2.45) is 5.73 Å². The van der Waals surface area contributed by atoms with Gasteiger partial charge in [0.05, 0.1) is 0 Å². The Labute approximate surface area is 131 Å². The van der Waals surface area contributed by atoms with E-state index in [9.17, 15) is 4.79 Å². The monoisotopic (exact) mass is 297 g/mol. The summed E-state index contributed by atoms with van der Waals surface area (Å²) in [6, 6.07) is 15.7. The largest absolute Gasteiger partial charge is 0.348 e. The van der Waals surface area contributed by atoms with Crippen LogP contribution in [-0.4, -0.2) is 24.9 Å². The van der Waals surface area contributed by atoms with Crippen LogP contribution >= 0.6 is 0 Å². The maximum Gasteiger partial charge on any atom is 0.251 e. The Morgan fingerprint density at radius 2 is 1.73 bits per heavy atom. The van der Waals surface area contributed by atoms with Crippen LogP contribution < -0.4 is 11.1 Å². The molecule has 0 heterocycles. The van der Waals surface area contributed by atoms with Crippen molar-refractivity contribution in [1.82, 2.24) is 10.2 Å². The lowest BCUT2D eigenvalue weighted by Crippen LogP contribution is -2.23. The van der Waals surface area contributed by atoms with Gasteiger partial charge in [-0.3, -0.25) is 4.79 Å². The molecule has 0 radical (unpaired) electrons. The summed E-state index contributed by atoms with van der Waals surface area (Å²) in [5.74, 6) is -0.0756. The summed E-state index contributed by atoms with van der Waals surface area (Å²) in [6.45, 7) is 1.85. The summed E-state index contributed by atoms with van der Waals surface area (Å²) >= 11 is 0. The Morgan fingerprint density at radius 1 is 1.05 bits per heavy atom. The molecule has 4 heteroatoms. The molecule has 0 saturated heterocycles. The first kappa shape index (κ1) is 16.2. The van der Waals surface area contributed by atoms with Crippen molar-refractivity contribution in [3.8, 4) is 0 Å².